The summed E-state index contributed by atoms with van der Waals surface area (Å²) in [7, 11) is 0. The second kappa shape index (κ2) is 7.64. The first-order valence-corrected chi connectivity index (χ1v) is 8.01. The molecule has 1 aliphatic rings. The molecule has 0 amide bonds. The summed E-state index contributed by atoms with van der Waals surface area (Å²) in [5.74, 6) is 0.165. The van der Waals surface area contributed by atoms with Crippen LogP contribution in [0.15, 0.2) is 24.3 Å². The summed E-state index contributed by atoms with van der Waals surface area (Å²) in [4.78, 5) is 2.03. The van der Waals surface area contributed by atoms with Crippen LogP contribution in [0.5, 0.6) is 0 Å². The average Bonchev–Trinajstić information content (AvgIpc) is 2.46. The van der Waals surface area contributed by atoms with Gasteiger partial charge in [0, 0.05) is 19.5 Å². The minimum absolute atomic E-state index is 0.0223. The van der Waals surface area contributed by atoms with Gasteiger partial charge in [0.1, 0.15) is 0 Å². The first-order valence-electron chi connectivity index (χ1n) is 8.01. The molecule has 2 N–H and O–H groups in total. The molecule has 1 aliphatic heterocycles. The summed E-state index contributed by atoms with van der Waals surface area (Å²) >= 11 is 0. The van der Waals surface area contributed by atoms with Crippen molar-refractivity contribution in [2.45, 2.75) is 44.6 Å². The molecule has 3 atom stereocenters. The van der Waals surface area contributed by atoms with Crippen LogP contribution in [-0.2, 0) is 12.6 Å². The lowest BCUT2D eigenvalue weighted by atomic mass is 9.93. The van der Waals surface area contributed by atoms with Gasteiger partial charge in [-0.05, 0) is 43.9 Å². The fourth-order valence-electron chi connectivity index (χ4n) is 3.24. The van der Waals surface area contributed by atoms with Crippen molar-refractivity contribution in [1.29, 1.82) is 0 Å². The molecule has 1 fully saturated rings. The molecule has 1 aromatic rings. The minimum atomic E-state index is -4.40. The number of rotatable bonds is 5. The van der Waals surface area contributed by atoms with Crippen molar-refractivity contribution in [3.05, 3.63) is 35.4 Å². The van der Waals surface area contributed by atoms with Crippen molar-refractivity contribution < 1.29 is 23.4 Å². The standard InChI is InChI=1S/C17H24F3NO2/c1-12(22)14-6-4-8-21(10-14)11-15(23)9-13-5-2-3-7-16(13)17(18,19)20/h2-3,5,7,12,14-15,22-23H,4,6,8-11H2,1H3. The molecule has 3 unspecified atom stereocenters. The molecule has 3 nitrogen and oxygen atoms in total. The lowest BCUT2D eigenvalue weighted by Crippen LogP contribution is -2.43. The molecular weight excluding hydrogens is 307 g/mol. The second-order valence-corrected chi connectivity index (χ2v) is 6.42. The maximum atomic E-state index is 13.0. The normalized spacial score (nSPS) is 22.8. The van der Waals surface area contributed by atoms with Gasteiger partial charge in [-0.3, -0.25) is 0 Å². The van der Waals surface area contributed by atoms with Crippen LogP contribution in [0.1, 0.15) is 30.9 Å². The average molecular weight is 331 g/mol. The van der Waals surface area contributed by atoms with Crippen LogP contribution in [0.25, 0.3) is 0 Å². The van der Waals surface area contributed by atoms with Crippen LogP contribution in [0.2, 0.25) is 0 Å². The third-order valence-corrected chi connectivity index (χ3v) is 4.47. The second-order valence-electron chi connectivity index (χ2n) is 6.42. The Labute approximate surface area is 134 Å². The summed E-state index contributed by atoms with van der Waals surface area (Å²) in [5.41, 5.74) is -0.559. The molecule has 23 heavy (non-hydrogen) atoms. The lowest BCUT2D eigenvalue weighted by Gasteiger charge is -2.35. The van der Waals surface area contributed by atoms with Gasteiger partial charge in [0.05, 0.1) is 17.8 Å². The number of alkyl halides is 3. The number of piperidine rings is 1. The molecule has 0 saturated carbocycles. The van der Waals surface area contributed by atoms with Crippen LogP contribution in [0, 0.1) is 5.92 Å². The van der Waals surface area contributed by atoms with E-state index in [9.17, 15) is 23.4 Å². The predicted octanol–water partition coefficient (Wildman–Crippen LogP) is 2.70. The SMILES string of the molecule is CC(O)C1CCCN(CC(O)Cc2ccccc2C(F)(F)F)C1. The van der Waals surface area contributed by atoms with Gasteiger partial charge in [-0.2, -0.15) is 13.2 Å². The van der Waals surface area contributed by atoms with Gasteiger partial charge in [-0.25, -0.2) is 0 Å². The van der Waals surface area contributed by atoms with E-state index in [0.29, 0.717) is 13.1 Å². The quantitative estimate of drug-likeness (QED) is 0.872. The smallest absolute Gasteiger partial charge is 0.393 e. The van der Waals surface area contributed by atoms with E-state index in [1.54, 1.807) is 13.0 Å². The minimum Gasteiger partial charge on any atom is -0.393 e. The van der Waals surface area contributed by atoms with Gasteiger partial charge in [0.25, 0.3) is 0 Å². The van der Waals surface area contributed by atoms with E-state index in [2.05, 4.69) is 0 Å². The fourth-order valence-corrected chi connectivity index (χ4v) is 3.24. The first-order chi connectivity index (χ1) is 10.8. The molecule has 130 valence electrons. The van der Waals surface area contributed by atoms with Gasteiger partial charge in [-0.15, -0.1) is 0 Å². The molecule has 1 saturated heterocycles. The number of aliphatic hydroxyl groups is 2. The van der Waals surface area contributed by atoms with Gasteiger partial charge >= 0.3 is 6.18 Å². The highest BCUT2D eigenvalue weighted by molar-refractivity contribution is 5.30. The zero-order valence-corrected chi connectivity index (χ0v) is 13.3. The number of benzene rings is 1. The Morgan fingerprint density at radius 2 is 1.96 bits per heavy atom. The fraction of sp³-hybridized carbons (Fsp3) is 0.647. The zero-order chi connectivity index (χ0) is 17.0. The molecule has 0 bridgehead atoms. The van der Waals surface area contributed by atoms with E-state index < -0.39 is 23.9 Å². The van der Waals surface area contributed by atoms with Crippen LogP contribution < -0.4 is 0 Å². The number of hydrogen-bond acceptors (Lipinski definition) is 3. The van der Waals surface area contributed by atoms with Gasteiger partial charge in [0.15, 0.2) is 0 Å². The van der Waals surface area contributed by atoms with Crippen LogP contribution in [0.3, 0.4) is 0 Å². The van der Waals surface area contributed by atoms with E-state index in [1.165, 1.54) is 12.1 Å². The van der Waals surface area contributed by atoms with Crippen molar-refractivity contribution in [3.8, 4) is 0 Å². The predicted molar refractivity (Wildman–Crippen MR) is 82.0 cm³/mol. The maximum Gasteiger partial charge on any atom is 0.416 e. The number of halogens is 3. The number of β-amino-alcohol motifs (C(OH)–C–C–N with tert-alkyl or cyclic N) is 1. The van der Waals surface area contributed by atoms with E-state index in [0.717, 1.165) is 25.5 Å². The Balaban J connectivity index is 1.96. The van der Waals surface area contributed by atoms with Crippen molar-refractivity contribution in [1.82, 2.24) is 4.90 Å². The number of likely N-dealkylation sites (tertiary alicyclic amines) is 1. The summed E-state index contributed by atoms with van der Waals surface area (Å²) in [6.45, 7) is 3.57. The van der Waals surface area contributed by atoms with Crippen molar-refractivity contribution in [2.24, 2.45) is 5.92 Å². The van der Waals surface area contributed by atoms with E-state index >= 15 is 0 Å². The summed E-state index contributed by atoms with van der Waals surface area (Å²) in [5, 5.41) is 19.9. The Bertz CT molecular complexity index is 505. The highest BCUT2D eigenvalue weighted by Gasteiger charge is 2.33. The Morgan fingerprint density at radius 3 is 2.61 bits per heavy atom. The summed E-state index contributed by atoms with van der Waals surface area (Å²) in [6, 6.07) is 5.38. The number of hydrogen-bond donors (Lipinski definition) is 2. The van der Waals surface area contributed by atoms with Crippen LogP contribution in [-0.4, -0.2) is 47.0 Å². The van der Waals surface area contributed by atoms with E-state index in [1.807, 2.05) is 4.90 Å². The molecule has 0 spiro atoms. The molecule has 1 aromatic carbocycles. The Hall–Kier alpha value is -1.11. The molecule has 0 aromatic heterocycles. The van der Waals surface area contributed by atoms with Crippen molar-refractivity contribution in [3.63, 3.8) is 0 Å². The van der Waals surface area contributed by atoms with E-state index in [4.69, 9.17) is 0 Å². The third kappa shape index (κ3) is 5.19. The lowest BCUT2D eigenvalue weighted by molar-refractivity contribution is -0.138. The highest BCUT2D eigenvalue weighted by Crippen LogP contribution is 2.32. The molecule has 2 rings (SSSR count). The van der Waals surface area contributed by atoms with Crippen molar-refractivity contribution in [2.75, 3.05) is 19.6 Å². The number of nitrogens with zero attached hydrogens (tertiary/aromatic N) is 1. The van der Waals surface area contributed by atoms with E-state index in [-0.39, 0.29) is 17.9 Å². The zero-order valence-electron chi connectivity index (χ0n) is 13.3. The largest absolute Gasteiger partial charge is 0.416 e. The summed E-state index contributed by atoms with van der Waals surface area (Å²) in [6.07, 6.45) is -3.81. The first kappa shape index (κ1) is 18.2. The Morgan fingerprint density at radius 1 is 1.26 bits per heavy atom. The van der Waals surface area contributed by atoms with Crippen molar-refractivity contribution >= 4 is 0 Å². The Kier molecular flexibility index (Phi) is 6.06. The topological polar surface area (TPSA) is 43.7 Å². The molecular formula is C17H24F3NO2. The molecule has 0 radical (unpaired) electrons. The van der Waals surface area contributed by atoms with Gasteiger partial charge in [0.2, 0.25) is 0 Å². The maximum absolute atomic E-state index is 13.0. The van der Waals surface area contributed by atoms with Gasteiger partial charge in [-0.1, -0.05) is 18.2 Å². The third-order valence-electron chi connectivity index (χ3n) is 4.47. The molecule has 0 aliphatic carbocycles. The number of aliphatic hydroxyl groups excluding tert-OH is 2. The van der Waals surface area contributed by atoms with Crippen LogP contribution >= 0.6 is 0 Å². The van der Waals surface area contributed by atoms with Gasteiger partial charge < -0.3 is 15.1 Å². The summed E-state index contributed by atoms with van der Waals surface area (Å²) < 4.78 is 38.9. The molecule has 1 heterocycles. The highest BCUT2D eigenvalue weighted by atomic mass is 19.4. The monoisotopic (exact) mass is 331 g/mol. The molecule has 6 heteroatoms. The van der Waals surface area contributed by atoms with Crippen LogP contribution in [0.4, 0.5) is 13.2 Å².